The second kappa shape index (κ2) is 2.86. The van der Waals surface area contributed by atoms with Gasteiger partial charge in [-0.3, -0.25) is 4.98 Å². The van der Waals surface area contributed by atoms with Crippen molar-refractivity contribution in [3.63, 3.8) is 0 Å². The molecule has 0 radical (unpaired) electrons. The Bertz CT molecular complexity index is 273. The van der Waals surface area contributed by atoms with Crippen LogP contribution in [0.1, 0.15) is 18.3 Å². The normalized spacial score (nSPS) is 10.1. The highest BCUT2D eigenvalue weighted by Crippen LogP contribution is 2.17. The minimum Gasteiger partial charge on any atom is -0.506 e. The lowest BCUT2D eigenvalue weighted by Crippen LogP contribution is -1.95. The Hall–Kier alpha value is -1.12. The molecule has 0 spiro atoms. The highest BCUT2D eigenvalue weighted by Gasteiger charge is 2.05. The fraction of sp³-hybridized carbons (Fsp3) is 0.375. The van der Waals surface area contributed by atoms with Gasteiger partial charge in [0.2, 0.25) is 0 Å². The monoisotopic (exact) mass is 155 g/mol. The molecule has 1 N–H and O–H groups in total. The van der Waals surface area contributed by atoms with E-state index in [9.17, 15) is 4.39 Å². The van der Waals surface area contributed by atoms with Gasteiger partial charge >= 0.3 is 0 Å². The molecule has 0 saturated heterocycles. The molecule has 1 aromatic rings. The van der Waals surface area contributed by atoms with E-state index in [0.717, 1.165) is 6.07 Å². The lowest BCUT2D eigenvalue weighted by molar-refractivity contribution is 0.458. The van der Waals surface area contributed by atoms with Crippen LogP contribution in [0.3, 0.4) is 0 Å². The summed E-state index contributed by atoms with van der Waals surface area (Å²) in [5.74, 6) is -0.518. The van der Waals surface area contributed by atoms with Crippen LogP contribution in [0.4, 0.5) is 4.39 Å². The van der Waals surface area contributed by atoms with Gasteiger partial charge in [0.05, 0.1) is 11.4 Å². The zero-order valence-electron chi connectivity index (χ0n) is 6.56. The molecule has 0 amide bonds. The number of aromatic nitrogens is 1. The van der Waals surface area contributed by atoms with Crippen LogP contribution >= 0.6 is 0 Å². The Kier molecular flexibility index (Phi) is 2.08. The van der Waals surface area contributed by atoms with E-state index in [1.54, 1.807) is 6.92 Å². The standard InChI is InChI=1S/C8H10FNO/c1-3-7-6(9)4-8(11)5(2)10-7/h4,11H,3H2,1-2H3. The highest BCUT2D eigenvalue weighted by molar-refractivity contribution is 5.27. The summed E-state index contributed by atoms with van der Waals surface area (Å²) in [5, 5.41) is 9.02. The molecule has 0 aromatic carbocycles. The predicted octanol–water partition coefficient (Wildman–Crippen LogP) is 1.80. The van der Waals surface area contributed by atoms with Crippen molar-refractivity contribution in [1.29, 1.82) is 0 Å². The second-order valence-corrected chi connectivity index (χ2v) is 2.37. The molecule has 2 nitrogen and oxygen atoms in total. The van der Waals surface area contributed by atoms with Gasteiger partial charge in [-0.05, 0) is 13.3 Å². The molecular weight excluding hydrogens is 145 g/mol. The van der Waals surface area contributed by atoms with Crippen LogP contribution in [0.2, 0.25) is 0 Å². The number of hydrogen-bond donors (Lipinski definition) is 1. The van der Waals surface area contributed by atoms with Gasteiger partial charge < -0.3 is 5.11 Å². The summed E-state index contributed by atoms with van der Waals surface area (Å²) >= 11 is 0. The van der Waals surface area contributed by atoms with E-state index in [0.29, 0.717) is 17.8 Å². The third-order valence-corrected chi connectivity index (χ3v) is 1.55. The molecule has 0 unspecified atom stereocenters. The van der Waals surface area contributed by atoms with Crippen LogP contribution in [-0.4, -0.2) is 10.1 Å². The minimum absolute atomic E-state index is 0.0836. The molecule has 0 aliphatic carbocycles. The summed E-state index contributed by atoms with van der Waals surface area (Å²) in [6.45, 7) is 3.47. The molecule has 0 atom stereocenters. The van der Waals surface area contributed by atoms with E-state index in [-0.39, 0.29) is 5.75 Å². The largest absolute Gasteiger partial charge is 0.506 e. The number of nitrogens with zero attached hydrogens (tertiary/aromatic N) is 1. The lowest BCUT2D eigenvalue weighted by Gasteiger charge is -2.01. The van der Waals surface area contributed by atoms with Crippen LogP contribution in [0.25, 0.3) is 0 Å². The molecule has 0 aliphatic heterocycles. The summed E-state index contributed by atoms with van der Waals surface area (Å²) in [7, 11) is 0. The Morgan fingerprint density at radius 1 is 1.64 bits per heavy atom. The van der Waals surface area contributed by atoms with Gasteiger partial charge in [-0.15, -0.1) is 0 Å². The van der Waals surface area contributed by atoms with Crippen LogP contribution in [0.5, 0.6) is 5.75 Å². The average Bonchev–Trinajstić information content (AvgIpc) is 1.97. The Balaban J connectivity index is 3.21. The number of hydrogen-bond acceptors (Lipinski definition) is 2. The van der Waals surface area contributed by atoms with Gasteiger partial charge in [-0.25, -0.2) is 4.39 Å². The van der Waals surface area contributed by atoms with E-state index in [1.165, 1.54) is 0 Å². The maximum absolute atomic E-state index is 12.8. The minimum atomic E-state index is -0.435. The van der Waals surface area contributed by atoms with Crippen LogP contribution in [0, 0.1) is 12.7 Å². The van der Waals surface area contributed by atoms with Crippen molar-refractivity contribution in [1.82, 2.24) is 4.98 Å². The number of aromatic hydroxyl groups is 1. The van der Waals surface area contributed by atoms with Crippen molar-refractivity contribution in [2.45, 2.75) is 20.3 Å². The molecule has 11 heavy (non-hydrogen) atoms. The molecular formula is C8H10FNO. The van der Waals surface area contributed by atoms with Gasteiger partial charge in [0.15, 0.2) is 0 Å². The summed E-state index contributed by atoms with van der Waals surface area (Å²) in [5.41, 5.74) is 0.878. The molecule has 0 fully saturated rings. The second-order valence-electron chi connectivity index (χ2n) is 2.37. The molecule has 0 aliphatic rings. The fourth-order valence-electron chi connectivity index (χ4n) is 0.869. The van der Waals surface area contributed by atoms with Crippen molar-refractivity contribution >= 4 is 0 Å². The van der Waals surface area contributed by atoms with Gasteiger partial charge in [0.25, 0.3) is 0 Å². The number of pyridine rings is 1. The van der Waals surface area contributed by atoms with E-state index < -0.39 is 5.82 Å². The number of halogens is 1. The third-order valence-electron chi connectivity index (χ3n) is 1.55. The maximum atomic E-state index is 12.8. The molecule has 60 valence electrons. The van der Waals surface area contributed by atoms with Crippen molar-refractivity contribution in [2.75, 3.05) is 0 Å². The van der Waals surface area contributed by atoms with Gasteiger partial charge in [0.1, 0.15) is 11.6 Å². The first kappa shape index (κ1) is 7.98. The highest BCUT2D eigenvalue weighted by atomic mass is 19.1. The predicted molar refractivity (Wildman–Crippen MR) is 40.0 cm³/mol. The smallest absolute Gasteiger partial charge is 0.148 e. The van der Waals surface area contributed by atoms with Crippen molar-refractivity contribution in [2.24, 2.45) is 0 Å². The summed E-state index contributed by atoms with van der Waals surface area (Å²) in [4.78, 5) is 3.87. The average molecular weight is 155 g/mol. The summed E-state index contributed by atoms with van der Waals surface area (Å²) < 4.78 is 12.8. The van der Waals surface area contributed by atoms with Gasteiger partial charge in [-0.2, -0.15) is 0 Å². The quantitative estimate of drug-likeness (QED) is 0.670. The van der Waals surface area contributed by atoms with Crippen molar-refractivity contribution in [3.8, 4) is 5.75 Å². The Morgan fingerprint density at radius 3 is 2.82 bits per heavy atom. The Labute approximate surface area is 64.7 Å². The summed E-state index contributed by atoms with van der Waals surface area (Å²) in [6, 6.07) is 1.10. The van der Waals surface area contributed by atoms with E-state index >= 15 is 0 Å². The van der Waals surface area contributed by atoms with E-state index in [2.05, 4.69) is 4.98 Å². The van der Waals surface area contributed by atoms with Crippen molar-refractivity contribution < 1.29 is 9.50 Å². The lowest BCUT2D eigenvalue weighted by atomic mass is 10.2. The molecule has 3 heteroatoms. The SMILES string of the molecule is CCc1nc(C)c(O)cc1F. The van der Waals surface area contributed by atoms with E-state index in [1.807, 2.05) is 6.92 Å². The first-order chi connectivity index (χ1) is 5.15. The van der Waals surface area contributed by atoms with Gasteiger partial charge in [0, 0.05) is 6.07 Å². The van der Waals surface area contributed by atoms with Crippen molar-refractivity contribution in [3.05, 3.63) is 23.3 Å². The fourth-order valence-corrected chi connectivity index (χ4v) is 0.869. The van der Waals surface area contributed by atoms with Crippen LogP contribution in [0.15, 0.2) is 6.07 Å². The zero-order valence-corrected chi connectivity index (χ0v) is 6.56. The zero-order chi connectivity index (χ0) is 8.43. The topological polar surface area (TPSA) is 33.1 Å². The van der Waals surface area contributed by atoms with E-state index in [4.69, 9.17) is 5.11 Å². The number of rotatable bonds is 1. The van der Waals surface area contributed by atoms with Gasteiger partial charge in [-0.1, -0.05) is 6.92 Å². The summed E-state index contributed by atoms with van der Waals surface area (Å²) in [6.07, 6.45) is 0.549. The van der Waals surface area contributed by atoms with Crippen LogP contribution < -0.4 is 0 Å². The van der Waals surface area contributed by atoms with Crippen LogP contribution in [-0.2, 0) is 6.42 Å². The molecule has 1 rings (SSSR count). The Morgan fingerprint density at radius 2 is 2.27 bits per heavy atom. The molecule has 1 heterocycles. The first-order valence-corrected chi connectivity index (χ1v) is 3.50. The third kappa shape index (κ3) is 1.48. The molecule has 0 bridgehead atoms. The number of aryl methyl sites for hydroxylation is 2. The molecule has 1 aromatic heterocycles. The first-order valence-electron chi connectivity index (χ1n) is 3.50. The maximum Gasteiger partial charge on any atom is 0.148 e. The molecule has 0 saturated carbocycles.